The van der Waals surface area contributed by atoms with E-state index in [-0.39, 0.29) is 0 Å². The molecule has 0 saturated carbocycles. The minimum atomic E-state index is 0.891. The molecule has 0 spiro atoms. The van der Waals surface area contributed by atoms with Crippen LogP contribution in [0.3, 0.4) is 0 Å². The van der Waals surface area contributed by atoms with Crippen LogP contribution in [0, 0.1) is 5.92 Å². The molecular weight excluding hydrogens is 222 g/mol. The van der Waals surface area contributed by atoms with Crippen molar-refractivity contribution in [1.29, 1.82) is 0 Å². The van der Waals surface area contributed by atoms with E-state index in [1.807, 2.05) is 12.4 Å². The van der Waals surface area contributed by atoms with E-state index >= 15 is 0 Å². The van der Waals surface area contributed by atoms with Gasteiger partial charge in [-0.1, -0.05) is 0 Å². The van der Waals surface area contributed by atoms with Crippen molar-refractivity contribution >= 4 is 0 Å². The molecule has 18 heavy (non-hydrogen) atoms. The molecule has 2 heterocycles. The average Bonchev–Trinajstić information content (AvgIpc) is 2.45. The topological polar surface area (TPSA) is 28.2 Å². The Hall–Kier alpha value is -0.930. The molecule has 0 aromatic carbocycles. The first kappa shape index (κ1) is 13.5. The molecule has 0 unspecified atom stereocenters. The third kappa shape index (κ3) is 4.75. The van der Waals surface area contributed by atoms with Gasteiger partial charge in [-0.15, -0.1) is 0 Å². The molecule has 2 rings (SSSR count). The lowest BCUT2D eigenvalue weighted by Gasteiger charge is -2.25. The van der Waals surface area contributed by atoms with Gasteiger partial charge in [0.15, 0.2) is 0 Å². The Morgan fingerprint density at radius 1 is 1.33 bits per heavy atom. The molecule has 3 nitrogen and oxygen atoms in total. The van der Waals surface area contributed by atoms with Gasteiger partial charge in [-0.05, 0) is 76.0 Å². The van der Waals surface area contributed by atoms with Crippen molar-refractivity contribution in [3.8, 4) is 0 Å². The largest absolute Gasteiger partial charge is 0.316 e. The molecule has 0 bridgehead atoms. The Morgan fingerprint density at radius 2 is 2.17 bits per heavy atom. The molecule has 1 aromatic rings. The van der Waals surface area contributed by atoms with Gasteiger partial charge in [-0.25, -0.2) is 0 Å². The van der Waals surface area contributed by atoms with Gasteiger partial charge in [0.25, 0.3) is 0 Å². The number of nitrogens with one attached hydrogen (secondary N) is 1. The normalized spacial score (nSPS) is 20.2. The number of pyridine rings is 1. The minimum Gasteiger partial charge on any atom is -0.316 e. The fourth-order valence-corrected chi connectivity index (χ4v) is 2.55. The first-order valence-corrected chi connectivity index (χ1v) is 7.13. The van der Waals surface area contributed by atoms with Crippen LogP contribution in [-0.2, 0) is 6.42 Å². The molecule has 1 aromatic heterocycles. The summed E-state index contributed by atoms with van der Waals surface area (Å²) in [5.41, 5.74) is 1.39. The number of piperidine rings is 1. The summed E-state index contributed by atoms with van der Waals surface area (Å²) in [6.45, 7) is 4.80. The third-order valence-corrected chi connectivity index (χ3v) is 3.85. The van der Waals surface area contributed by atoms with Crippen LogP contribution in [0.2, 0.25) is 0 Å². The van der Waals surface area contributed by atoms with Crippen molar-refractivity contribution in [1.82, 2.24) is 15.2 Å². The molecule has 0 amide bonds. The fraction of sp³-hybridized carbons (Fsp3) is 0.667. The van der Waals surface area contributed by atoms with Crippen molar-refractivity contribution in [3.63, 3.8) is 0 Å². The van der Waals surface area contributed by atoms with Crippen LogP contribution in [-0.4, -0.2) is 43.1 Å². The summed E-state index contributed by atoms with van der Waals surface area (Å²) >= 11 is 0. The van der Waals surface area contributed by atoms with E-state index in [9.17, 15) is 0 Å². The van der Waals surface area contributed by atoms with Gasteiger partial charge < -0.3 is 10.2 Å². The number of nitrogens with zero attached hydrogens (tertiary/aromatic N) is 2. The lowest BCUT2D eigenvalue weighted by atomic mass is 9.96. The third-order valence-electron chi connectivity index (χ3n) is 3.85. The Balaban J connectivity index is 1.61. The van der Waals surface area contributed by atoms with Gasteiger partial charge in [-0.3, -0.25) is 4.98 Å². The molecular formula is C15H25N3. The van der Waals surface area contributed by atoms with Gasteiger partial charge >= 0.3 is 0 Å². The van der Waals surface area contributed by atoms with E-state index in [0.29, 0.717) is 0 Å². The monoisotopic (exact) mass is 247 g/mol. The predicted molar refractivity (Wildman–Crippen MR) is 75.6 cm³/mol. The van der Waals surface area contributed by atoms with Crippen LogP contribution in [0.15, 0.2) is 24.5 Å². The van der Waals surface area contributed by atoms with Gasteiger partial charge in [0, 0.05) is 18.9 Å². The van der Waals surface area contributed by atoms with Gasteiger partial charge in [0.1, 0.15) is 0 Å². The highest BCUT2D eigenvalue weighted by Crippen LogP contribution is 2.14. The number of hydrogen-bond acceptors (Lipinski definition) is 3. The SMILES string of the molecule is CN(CCc1ccncc1)CC[C@@H]1CCCNC1. The molecule has 1 aliphatic rings. The second kappa shape index (κ2) is 7.49. The summed E-state index contributed by atoms with van der Waals surface area (Å²) in [5.74, 6) is 0.891. The van der Waals surface area contributed by atoms with Gasteiger partial charge in [0.05, 0.1) is 0 Å². The van der Waals surface area contributed by atoms with Crippen LogP contribution >= 0.6 is 0 Å². The first-order valence-electron chi connectivity index (χ1n) is 7.13. The van der Waals surface area contributed by atoms with Crippen molar-refractivity contribution in [2.24, 2.45) is 5.92 Å². The second-order valence-corrected chi connectivity index (χ2v) is 5.41. The Morgan fingerprint density at radius 3 is 2.89 bits per heavy atom. The summed E-state index contributed by atoms with van der Waals surface area (Å²) in [5, 5.41) is 3.49. The van der Waals surface area contributed by atoms with Crippen molar-refractivity contribution in [2.75, 3.05) is 33.2 Å². The molecule has 1 N–H and O–H groups in total. The Labute approximate surface area is 111 Å². The summed E-state index contributed by atoms with van der Waals surface area (Å²) in [4.78, 5) is 6.50. The quantitative estimate of drug-likeness (QED) is 0.833. The minimum absolute atomic E-state index is 0.891. The van der Waals surface area contributed by atoms with Crippen LogP contribution in [0.1, 0.15) is 24.8 Å². The maximum atomic E-state index is 4.05. The Kier molecular flexibility index (Phi) is 5.62. The highest BCUT2D eigenvalue weighted by Gasteiger charge is 2.13. The van der Waals surface area contributed by atoms with E-state index in [2.05, 4.69) is 34.4 Å². The summed E-state index contributed by atoms with van der Waals surface area (Å²) in [6, 6.07) is 4.22. The summed E-state index contributed by atoms with van der Waals surface area (Å²) in [6.07, 6.45) is 8.98. The molecule has 1 fully saturated rings. The maximum absolute atomic E-state index is 4.05. The highest BCUT2D eigenvalue weighted by atomic mass is 15.1. The average molecular weight is 247 g/mol. The first-order chi connectivity index (χ1) is 8.84. The molecule has 1 saturated heterocycles. The number of aromatic nitrogens is 1. The van der Waals surface area contributed by atoms with Crippen molar-refractivity contribution in [3.05, 3.63) is 30.1 Å². The maximum Gasteiger partial charge on any atom is 0.0270 e. The van der Waals surface area contributed by atoms with Gasteiger partial charge in [0.2, 0.25) is 0 Å². The van der Waals surface area contributed by atoms with E-state index in [1.54, 1.807) is 0 Å². The zero-order valence-electron chi connectivity index (χ0n) is 11.4. The molecule has 1 aliphatic heterocycles. The van der Waals surface area contributed by atoms with Crippen molar-refractivity contribution in [2.45, 2.75) is 25.7 Å². The smallest absolute Gasteiger partial charge is 0.0270 e. The van der Waals surface area contributed by atoms with E-state index < -0.39 is 0 Å². The van der Waals surface area contributed by atoms with Crippen LogP contribution in [0.4, 0.5) is 0 Å². The lowest BCUT2D eigenvalue weighted by Crippen LogP contribution is -2.32. The number of hydrogen-bond donors (Lipinski definition) is 1. The summed E-state index contributed by atoms with van der Waals surface area (Å²) in [7, 11) is 2.23. The zero-order chi connectivity index (χ0) is 12.6. The number of rotatable bonds is 6. The van der Waals surface area contributed by atoms with Crippen LogP contribution in [0.25, 0.3) is 0 Å². The molecule has 3 heteroatoms. The van der Waals surface area contributed by atoms with Gasteiger partial charge in [-0.2, -0.15) is 0 Å². The molecule has 0 aliphatic carbocycles. The van der Waals surface area contributed by atoms with E-state index in [0.717, 1.165) is 18.9 Å². The zero-order valence-corrected chi connectivity index (χ0v) is 11.4. The predicted octanol–water partition coefficient (Wildman–Crippen LogP) is 1.95. The number of likely N-dealkylation sites (N-methyl/N-ethyl adjacent to an activating group) is 1. The molecule has 1 atom stereocenters. The second-order valence-electron chi connectivity index (χ2n) is 5.41. The summed E-state index contributed by atoms with van der Waals surface area (Å²) < 4.78 is 0. The Bertz CT molecular complexity index is 320. The molecule has 0 radical (unpaired) electrons. The van der Waals surface area contributed by atoms with E-state index in [1.165, 1.54) is 44.5 Å². The highest BCUT2D eigenvalue weighted by molar-refractivity contribution is 5.09. The lowest BCUT2D eigenvalue weighted by molar-refractivity contribution is 0.275. The molecule has 100 valence electrons. The van der Waals surface area contributed by atoms with Crippen molar-refractivity contribution < 1.29 is 0 Å². The van der Waals surface area contributed by atoms with E-state index in [4.69, 9.17) is 0 Å². The van der Waals surface area contributed by atoms with Crippen LogP contribution in [0.5, 0.6) is 0 Å². The standard InChI is InChI=1S/C15H25N3/c1-18(11-6-14-4-9-16-10-5-14)12-7-15-3-2-8-17-13-15/h4-5,9-10,15,17H,2-3,6-8,11-13H2,1H3/t15-/m0/s1. The van der Waals surface area contributed by atoms with Crippen LogP contribution < -0.4 is 5.32 Å². The fourth-order valence-electron chi connectivity index (χ4n) is 2.55.